The average Bonchev–Trinajstić information content (AvgIpc) is 2.71. The molecule has 0 saturated carbocycles. The Morgan fingerprint density at radius 2 is 2.05 bits per heavy atom. The molecular formula is C11H13N5O2S. The normalized spacial score (nSPS) is 10.6. The van der Waals surface area contributed by atoms with E-state index in [1.54, 1.807) is 28.5 Å². The van der Waals surface area contributed by atoms with Gasteiger partial charge in [0.2, 0.25) is 5.95 Å². The van der Waals surface area contributed by atoms with E-state index in [0.29, 0.717) is 5.95 Å². The first-order valence-electron chi connectivity index (χ1n) is 5.59. The first kappa shape index (κ1) is 13.3. The number of nitro benzene ring substituents is 1. The Labute approximate surface area is 114 Å². The Morgan fingerprint density at radius 3 is 2.58 bits per heavy atom. The standard InChI is InChI=1S/C11H13N5O2S/c1-15-10(12)13-14-11(15)19-7-6-8-2-4-9(5-3-8)16(17)18/h2-5H,6-7H2,1H3,(H2,12,13). The number of aromatic nitrogens is 3. The Bertz CT molecular complexity index is 581. The van der Waals surface area contributed by atoms with E-state index in [4.69, 9.17) is 5.73 Å². The molecule has 0 unspecified atom stereocenters. The Morgan fingerprint density at radius 1 is 1.37 bits per heavy atom. The molecule has 0 amide bonds. The fourth-order valence-corrected chi connectivity index (χ4v) is 2.40. The summed E-state index contributed by atoms with van der Waals surface area (Å²) >= 11 is 1.55. The van der Waals surface area contributed by atoms with Gasteiger partial charge in [0.25, 0.3) is 5.69 Å². The molecule has 0 aliphatic carbocycles. The lowest BCUT2D eigenvalue weighted by molar-refractivity contribution is -0.384. The third-order valence-electron chi connectivity index (χ3n) is 2.64. The summed E-state index contributed by atoms with van der Waals surface area (Å²) in [6.07, 6.45) is 0.801. The number of hydrogen-bond donors (Lipinski definition) is 1. The molecule has 0 atom stereocenters. The van der Waals surface area contributed by atoms with Crippen LogP contribution in [0.3, 0.4) is 0 Å². The molecule has 0 radical (unpaired) electrons. The molecule has 2 rings (SSSR count). The molecule has 0 saturated heterocycles. The number of anilines is 1. The van der Waals surface area contributed by atoms with Gasteiger partial charge in [-0.1, -0.05) is 23.9 Å². The maximum Gasteiger partial charge on any atom is 0.269 e. The van der Waals surface area contributed by atoms with Crippen LogP contribution in [0, 0.1) is 10.1 Å². The number of hydrogen-bond acceptors (Lipinski definition) is 6. The number of nitrogens with two attached hydrogens (primary N) is 1. The van der Waals surface area contributed by atoms with Crippen LogP contribution in [0.2, 0.25) is 0 Å². The molecule has 7 nitrogen and oxygen atoms in total. The zero-order valence-electron chi connectivity index (χ0n) is 10.3. The maximum absolute atomic E-state index is 10.5. The predicted octanol–water partition coefficient (Wildman–Crippen LogP) is 1.64. The average molecular weight is 279 g/mol. The van der Waals surface area contributed by atoms with Crippen LogP contribution in [0.25, 0.3) is 0 Å². The van der Waals surface area contributed by atoms with Gasteiger partial charge < -0.3 is 5.73 Å². The highest BCUT2D eigenvalue weighted by molar-refractivity contribution is 7.99. The van der Waals surface area contributed by atoms with Crippen LogP contribution in [0.15, 0.2) is 29.4 Å². The van der Waals surface area contributed by atoms with Gasteiger partial charge in [0.05, 0.1) is 4.92 Å². The van der Waals surface area contributed by atoms with E-state index in [1.165, 1.54) is 12.1 Å². The van der Waals surface area contributed by atoms with Crippen molar-refractivity contribution in [3.05, 3.63) is 39.9 Å². The molecule has 2 N–H and O–H groups in total. The van der Waals surface area contributed by atoms with Crippen LogP contribution in [-0.2, 0) is 13.5 Å². The van der Waals surface area contributed by atoms with E-state index in [1.807, 2.05) is 7.05 Å². The molecule has 2 aromatic rings. The molecule has 19 heavy (non-hydrogen) atoms. The summed E-state index contributed by atoms with van der Waals surface area (Å²) in [5, 5.41) is 19.0. The van der Waals surface area contributed by atoms with Crippen molar-refractivity contribution in [1.82, 2.24) is 14.8 Å². The molecular weight excluding hydrogens is 266 g/mol. The molecule has 1 aromatic carbocycles. The van der Waals surface area contributed by atoms with Gasteiger partial charge in [-0.05, 0) is 12.0 Å². The Kier molecular flexibility index (Phi) is 4.00. The van der Waals surface area contributed by atoms with Crippen molar-refractivity contribution >= 4 is 23.4 Å². The molecule has 0 bridgehead atoms. The highest BCUT2D eigenvalue weighted by Gasteiger charge is 2.07. The van der Waals surface area contributed by atoms with Crippen molar-refractivity contribution in [1.29, 1.82) is 0 Å². The summed E-state index contributed by atoms with van der Waals surface area (Å²) in [5.74, 6) is 1.20. The quantitative estimate of drug-likeness (QED) is 0.507. The molecule has 0 spiro atoms. The molecule has 0 fully saturated rings. The van der Waals surface area contributed by atoms with Crippen LogP contribution in [0.5, 0.6) is 0 Å². The Balaban J connectivity index is 1.89. The van der Waals surface area contributed by atoms with E-state index in [2.05, 4.69) is 10.2 Å². The summed E-state index contributed by atoms with van der Waals surface area (Å²) in [4.78, 5) is 10.1. The van der Waals surface area contributed by atoms with E-state index in [9.17, 15) is 10.1 Å². The van der Waals surface area contributed by atoms with Gasteiger partial charge in [0.1, 0.15) is 0 Å². The highest BCUT2D eigenvalue weighted by atomic mass is 32.2. The van der Waals surface area contributed by atoms with E-state index in [0.717, 1.165) is 22.9 Å². The summed E-state index contributed by atoms with van der Waals surface area (Å²) < 4.78 is 1.72. The van der Waals surface area contributed by atoms with Crippen molar-refractivity contribution in [2.24, 2.45) is 7.05 Å². The fourth-order valence-electron chi connectivity index (χ4n) is 1.50. The second-order valence-corrected chi connectivity index (χ2v) is 4.98. The molecule has 0 aliphatic heterocycles. The van der Waals surface area contributed by atoms with Gasteiger partial charge >= 0.3 is 0 Å². The Hall–Kier alpha value is -2.09. The van der Waals surface area contributed by atoms with E-state index < -0.39 is 4.92 Å². The minimum Gasteiger partial charge on any atom is -0.368 e. The maximum atomic E-state index is 10.5. The van der Waals surface area contributed by atoms with Crippen molar-refractivity contribution in [3.8, 4) is 0 Å². The van der Waals surface area contributed by atoms with Gasteiger partial charge in [0, 0.05) is 24.9 Å². The smallest absolute Gasteiger partial charge is 0.269 e. The number of nitrogens with zero attached hydrogens (tertiary/aromatic N) is 4. The van der Waals surface area contributed by atoms with Crippen LogP contribution < -0.4 is 5.73 Å². The van der Waals surface area contributed by atoms with E-state index in [-0.39, 0.29) is 5.69 Å². The molecule has 0 aliphatic rings. The van der Waals surface area contributed by atoms with Gasteiger partial charge in [-0.15, -0.1) is 10.2 Å². The summed E-state index contributed by atoms with van der Waals surface area (Å²) in [7, 11) is 1.81. The van der Waals surface area contributed by atoms with Gasteiger partial charge in [-0.25, -0.2) is 0 Å². The number of non-ortho nitro benzene ring substituents is 1. The second kappa shape index (κ2) is 5.70. The summed E-state index contributed by atoms with van der Waals surface area (Å²) in [5.41, 5.74) is 6.74. The topological polar surface area (TPSA) is 99.9 Å². The van der Waals surface area contributed by atoms with Crippen molar-refractivity contribution in [2.45, 2.75) is 11.6 Å². The second-order valence-electron chi connectivity index (χ2n) is 3.92. The van der Waals surface area contributed by atoms with E-state index >= 15 is 0 Å². The predicted molar refractivity (Wildman–Crippen MR) is 72.9 cm³/mol. The summed E-state index contributed by atoms with van der Waals surface area (Å²) in [6.45, 7) is 0. The molecule has 1 aromatic heterocycles. The zero-order chi connectivity index (χ0) is 13.8. The third-order valence-corrected chi connectivity index (χ3v) is 3.66. The zero-order valence-corrected chi connectivity index (χ0v) is 11.1. The first-order chi connectivity index (χ1) is 9.08. The van der Waals surface area contributed by atoms with Crippen molar-refractivity contribution in [3.63, 3.8) is 0 Å². The van der Waals surface area contributed by atoms with Crippen LogP contribution in [-0.4, -0.2) is 25.4 Å². The summed E-state index contributed by atoms with van der Waals surface area (Å²) in [6, 6.07) is 6.56. The SMILES string of the molecule is Cn1c(N)nnc1SCCc1ccc([N+](=O)[O-])cc1. The van der Waals surface area contributed by atoms with Crippen LogP contribution >= 0.6 is 11.8 Å². The molecule has 8 heteroatoms. The largest absolute Gasteiger partial charge is 0.368 e. The lowest BCUT2D eigenvalue weighted by atomic mass is 10.1. The lowest BCUT2D eigenvalue weighted by Gasteiger charge is -2.02. The molecule has 100 valence electrons. The van der Waals surface area contributed by atoms with Gasteiger partial charge in [0.15, 0.2) is 5.16 Å². The van der Waals surface area contributed by atoms with Crippen molar-refractivity contribution in [2.75, 3.05) is 11.5 Å². The molecule has 1 heterocycles. The van der Waals surface area contributed by atoms with Gasteiger partial charge in [-0.2, -0.15) is 0 Å². The van der Waals surface area contributed by atoms with Gasteiger partial charge in [-0.3, -0.25) is 14.7 Å². The minimum absolute atomic E-state index is 0.109. The fraction of sp³-hybridized carbons (Fsp3) is 0.273. The number of thioether (sulfide) groups is 1. The number of benzene rings is 1. The monoisotopic (exact) mass is 279 g/mol. The van der Waals surface area contributed by atoms with Crippen LogP contribution in [0.1, 0.15) is 5.56 Å². The number of rotatable bonds is 5. The van der Waals surface area contributed by atoms with Crippen molar-refractivity contribution < 1.29 is 4.92 Å². The first-order valence-corrected chi connectivity index (χ1v) is 6.57. The lowest BCUT2D eigenvalue weighted by Crippen LogP contribution is -1.99. The van der Waals surface area contributed by atoms with Crippen LogP contribution in [0.4, 0.5) is 11.6 Å². The number of nitro groups is 1. The number of aryl methyl sites for hydroxylation is 1. The third kappa shape index (κ3) is 3.22. The minimum atomic E-state index is -0.402. The highest BCUT2D eigenvalue weighted by Crippen LogP contribution is 2.19. The number of nitrogen functional groups attached to an aromatic ring is 1.